The first-order valence-electron chi connectivity index (χ1n) is 6.22. The molecule has 8 heteroatoms. The zero-order valence-corrected chi connectivity index (χ0v) is 10.9. The second-order valence-electron chi connectivity index (χ2n) is 5.45. The summed E-state index contributed by atoms with van der Waals surface area (Å²) in [5.41, 5.74) is 0.723. The fourth-order valence-corrected chi connectivity index (χ4v) is 2.79. The zero-order valence-electron chi connectivity index (χ0n) is 10.9. The first kappa shape index (κ1) is 15.2. The molecular formula is C12H14F6N2. The number of nitrogens with zero attached hydrogens (tertiary/aromatic N) is 1. The van der Waals surface area contributed by atoms with Crippen molar-refractivity contribution in [2.24, 2.45) is 5.92 Å². The molecule has 1 N–H and O–H groups in total. The van der Waals surface area contributed by atoms with E-state index in [0.29, 0.717) is 24.2 Å². The minimum absolute atomic E-state index is 0.138. The third-order valence-electron chi connectivity index (χ3n) is 3.53. The number of H-pyrrole nitrogens is 1. The maximum Gasteiger partial charge on any atom is 0.407 e. The molecule has 0 spiro atoms. The largest absolute Gasteiger partial charge is 0.407 e. The van der Waals surface area contributed by atoms with Crippen molar-refractivity contribution in [3.8, 4) is 0 Å². The molecule has 2 rings (SSSR count). The number of aromatic amines is 1. The number of halogens is 6. The van der Waals surface area contributed by atoms with Crippen molar-refractivity contribution in [3.63, 3.8) is 0 Å². The van der Waals surface area contributed by atoms with Crippen LogP contribution in [0.2, 0.25) is 0 Å². The van der Waals surface area contributed by atoms with Crippen molar-refractivity contribution >= 4 is 0 Å². The Bertz CT molecular complexity index is 473. The molecule has 2 atom stereocenters. The van der Waals surface area contributed by atoms with E-state index >= 15 is 0 Å². The van der Waals surface area contributed by atoms with E-state index in [-0.39, 0.29) is 11.8 Å². The monoisotopic (exact) mass is 300 g/mol. The molecule has 1 aliphatic rings. The van der Waals surface area contributed by atoms with Gasteiger partial charge in [0.2, 0.25) is 5.92 Å². The van der Waals surface area contributed by atoms with E-state index in [1.54, 1.807) is 6.92 Å². The van der Waals surface area contributed by atoms with E-state index in [1.165, 1.54) is 0 Å². The van der Waals surface area contributed by atoms with Crippen LogP contribution in [0, 0.1) is 5.92 Å². The van der Waals surface area contributed by atoms with Gasteiger partial charge in [-0.05, 0) is 18.8 Å². The molecule has 1 aliphatic carbocycles. The SMILES string of the molecule is CC1Cc2[nH]c(C(C(F)(F)F)C(F)(F)F)nc2C(C)C1. The summed E-state index contributed by atoms with van der Waals surface area (Å²) < 4.78 is 76.0. The van der Waals surface area contributed by atoms with Gasteiger partial charge in [-0.25, -0.2) is 4.98 Å². The van der Waals surface area contributed by atoms with Crippen LogP contribution in [0.25, 0.3) is 0 Å². The molecule has 1 aromatic rings. The maximum atomic E-state index is 12.7. The van der Waals surface area contributed by atoms with Gasteiger partial charge in [-0.1, -0.05) is 13.8 Å². The lowest BCUT2D eigenvalue weighted by atomic mass is 9.84. The average molecular weight is 300 g/mol. The molecule has 0 aliphatic heterocycles. The topological polar surface area (TPSA) is 28.7 Å². The minimum Gasteiger partial charge on any atom is -0.345 e. The normalized spacial score (nSPS) is 24.1. The Kier molecular flexibility index (Phi) is 3.54. The van der Waals surface area contributed by atoms with Crippen LogP contribution < -0.4 is 0 Å². The van der Waals surface area contributed by atoms with Crippen molar-refractivity contribution in [1.29, 1.82) is 0 Å². The number of aromatic nitrogens is 2. The number of imidazole rings is 1. The van der Waals surface area contributed by atoms with Gasteiger partial charge < -0.3 is 4.98 Å². The molecule has 2 nitrogen and oxygen atoms in total. The highest BCUT2D eigenvalue weighted by Gasteiger charge is 2.59. The molecule has 114 valence electrons. The Morgan fingerprint density at radius 2 is 1.65 bits per heavy atom. The Balaban J connectivity index is 2.45. The van der Waals surface area contributed by atoms with E-state index < -0.39 is 24.1 Å². The number of alkyl halides is 6. The molecule has 1 heterocycles. The number of hydrogen-bond acceptors (Lipinski definition) is 1. The molecule has 20 heavy (non-hydrogen) atoms. The summed E-state index contributed by atoms with van der Waals surface area (Å²) in [5.74, 6) is -4.53. The predicted octanol–water partition coefficient (Wildman–Crippen LogP) is 4.30. The second kappa shape index (κ2) is 4.66. The van der Waals surface area contributed by atoms with E-state index in [2.05, 4.69) is 9.97 Å². The Morgan fingerprint density at radius 3 is 2.15 bits per heavy atom. The van der Waals surface area contributed by atoms with E-state index in [4.69, 9.17) is 0 Å². The van der Waals surface area contributed by atoms with Gasteiger partial charge in [0.1, 0.15) is 5.82 Å². The van der Waals surface area contributed by atoms with Crippen LogP contribution in [0.4, 0.5) is 26.3 Å². The van der Waals surface area contributed by atoms with Crippen molar-refractivity contribution in [3.05, 3.63) is 17.2 Å². The van der Waals surface area contributed by atoms with E-state index in [0.717, 1.165) is 0 Å². The zero-order chi connectivity index (χ0) is 15.3. The van der Waals surface area contributed by atoms with E-state index in [1.807, 2.05) is 6.92 Å². The molecule has 0 fully saturated rings. The highest BCUT2D eigenvalue weighted by Crippen LogP contribution is 2.46. The van der Waals surface area contributed by atoms with Crippen molar-refractivity contribution in [1.82, 2.24) is 9.97 Å². The van der Waals surface area contributed by atoms with Crippen LogP contribution >= 0.6 is 0 Å². The van der Waals surface area contributed by atoms with E-state index in [9.17, 15) is 26.3 Å². The lowest BCUT2D eigenvalue weighted by Gasteiger charge is -2.22. The molecule has 0 amide bonds. The maximum absolute atomic E-state index is 12.7. The standard InChI is InChI=1S/C12H14F6N2/c1-5-3-6(2)8-7(4-5)19-10(20-8)9(11(13,14)15)12(16,17)18/h5-6,9H,3-4H2,1-2H3,(H,19,20). The lowest BCUT2D eigenvalue weighted by molar-refractivity contribution is -0.255. The van der Waals surface area contributed by atoms with Gasteiger partial charge in [0.25, 0.3) is 0 Å². The third-order valence-corrected chi connectivity index (χ3v) is 3.53. The number of rotatable bonds is 1. The summed E-state index contributed by atoms with van der Waals surface area (Å²) in [6, 6.07) is 0. The summed E-state index contributed by atoms with van der Waals surface area (Å²) >= 11 is 0. The summed E-state index contributed by atoms with van der Waals surface area (Å²) in [7, 11) is 0. The Labute approximate surface area is 111 Å². The fraction of sp³-hybridized carbons (Fsp3) is 0.750. The van der Waals surface area contributed by atoms with Gasteiger partial charge in [0.15, 0.2) is 0 Å². The van der Waals surface area contributed by atoms with Gasteiger partial charge >= 0.3 is 12.4 Å². The number of fused-ring (bicyclic) bond motifs is 1. The lowest BCUT2D eigenvalue weighted by Crippen LogP contribution is -2.35. The number of hydrogen-bond donors (Lipinski definition) is 1. The first-order chi connectivity index (χ1) is 9.00. The highest BCUT2D eigenvalue weighted by atomic mass is 19.4. The fourth-order valence-electron chi connectivity index (χ4n) is 2.79. The quantitative estimate of drug-likeness (QED) is 0.769. The predicted molar refractivity (Wildman–Crippen MR) is 59.3 cm³/mol. The Morgan fingerprint density at radius 1 is 1.10 bits per heavy atom. The van der Waals surface area contributed by atoms with Crippen LogP contribution in [0.1, 0.15) is 49.3 Å². The van der Waals surface area contributed by atoms with Gasteiger partial charge in [-0.15, -0.1) is 0 Å². The van der Waals surface area contributed by atoms with Crippen LogP contribution in [-0.4, -0.2) is 22.3 Å². The van der Waals surface area contributed by atoms with Gasteiger partial charge in [0.05, 0.1) is 5.69 Å². The summed E-state index contributed by atoms with van der Waals surface area (Å²) in [6.07, 6.45) is -9.68. The first-order valence-corrected chi connectivity index (χ1v) is 6.22. The highest BCUT2D eigenvalue weighted by molar-refractivity contribution is 5.24. The molecular weight excluding hydrogens is 286 g/mol. The molecule has 0 radical (unpaired) electrons. The molecule has 0 aromatic carbocycles. The van der Waals surface area contributed by atoms with Crippen molar-refractivity contribution in [2.75, 3.05) is 0 Å². The smallest absolute Gasteiger partial charge is 0.345 e. The molecule has 2 unspecified atom stereocenters. The van der Waals surface area contributed by atoms with Crippen LogP contribution in [0.15, 0.2) is 0 Å². The molecule has 1 aromatic heterocycles. The third kappa shape index (κ3) is 2.78. The summed E-state index contributed by atoms with van der Waals surface area (Å²) in [4.78, 5) is 5.86. The summed E-state index contributed by atoms with van der Waals surface area (Å²) in [6.45, 7) is 3.67. The molecule has 0 saturated heterocycles. The second-order valence-corrected chi connectivity index (χ2v) is 5.45. The molecule has 0 saturated carbocycles. The van der Waals surface area contributed by atoms with Crippen LogP contribution in [0.5, 0.6) is 0 Å². The minimum atomic E-state index is -5.41. The van der Waals surface area contributed by atoms with Gasteiger partial charge in [-0.3, -0.25) is 0 Å². The van der Waals surface area contributed by atoms with Crippen molar-refractivity contribution < 1.29 is 26.3 Å². The van der Waals surface area contributed by atoms with Gasteiger partial charge in [-0.2, -0.15) is 26.3 Å². The van der Waals surface area contributed by atoms with Gasteiger partial charge in [0, 0.05) is 11.6 Å². The summed E-state index contributed by atoms with van der Waals surface area (Å²) in [5, 5.41) is 0. The van der Waals surface area contributed by atoms with Crippen LogP contribution in [-0.2, 0) is 6.42 Å². The molecule has 0 bridgehead atoms. The van der Waals surface area contributed by atoms with Crippen LogP contribution in [0.3, 0.4) is 0 Å². The van der Waals surface area contributed by atoms with Crippen molar-refractivity contribution in [2.45, 2.75) is 50.9 Å². The number of nitrogens with one attached hydrogen (secondary N) is 1. The Hall–Kier alpha value is -1.21. The average Bonchev–Trinajstić information content (AvgIpc) is 2.55.